The Kier molecular flexibility index (Phi) is 1.84. The molecule has 92 valence electrons. The fourth-order valence-corrected chi connectivity index (χ4v) is 2.20. The van der Waals surface area contributed by atoms with Gasteiger partial charge < -0.3 is 18.9 Å². The maximum absolute atomic E-state index is 12.2. The molecule has 6 heteroatoms. The number of amides is 1. The lowest BCUT2D eigenvalue weighted by molar-refractivity contribution is -0.106. The molecule has 4 rings (SSSR count). The molecule has 1 aromatic carbocycles. The van der Waals surface area contributed by atoms with Gasteiger partial charge in [-0.05, 0) is 0 Å². The van der Waals surface area contributed by atoms with E-state index in [0.29, 0.717) is 36.0 Å². The van der Waals surface area contributed by atoms with E-state index in [4.69, 9.17) is 18.9 Å². The van der Waals surface area contributed by atoms with Crippen LogP contribution in [0.25, 0.3) is 0 Å². The lowest BCUT2D eigenvalue weighted by Gasteiger charge is -2.30. The first kappa shape index (κ1) is 9.78. The molecule has 18 heavy (non-hydrogen) atoms. The Hall–Kier alpha value is -2.21. The SMILES string of the molecule is O=C1c2cc3c(cc2OC2OCCN12)OC=CO3. The van der Waals surface area contributed by atoms with Crippen LogP contribution < -0.4 is 14.2 Å². The summed E-state index contributed by atoms with van der Waals surface area (Å²) in [5.41, 5.74) is 0.467. The lowest BCUT2D eigenvalue weighted by Crippen LogP contribution is -2.43. The van der Waals surface area contributed by atoms with Gasteiger partial charge in [-0.2, -0.15) is 0 Å². The van der Waals surface area contributed by atoms with Gasteiger partial charge in [0, 0.05) is 12.1 Å². The molecule has 1 atom stereocenters. The van der Waals surface area contributed by atoms with E-state index in [9.17, 15) is 4.79 Å². The molecule has 1 fully saturated rings. The van der Waals surface area contributed by atoms with Gasteiger partial charge in [0.2, 0.25) is 0 Å². The Bertz CT molecular complexity index is 568. The van der Waals surface area contributed by atoms with Gasteiger partial charge in [0.15, 0.2) is 11.5 Å². The molecule has 0 bridgehead atoms. The quantitative estimate of drug-likeness (QED) is 0.686. The van der Waals surface area contributed by atoms with Gasteiger partial charge in [-0.1, -0.05) is 0 Å². The van der Waals surface area contributed by atoms with Crippen molar-refractivity contribution in [2.45, 2.75) is 6.41 Å². The van der Waals surface area contributed by atoms with Crippen molar-refractivity contribution in [3.05, 3.63) is 30.2 Å². The smallest absolute Gasteiger partial charge is 0.286 e. The van der Waals surface area contributed by atoms with E-state index in [1.54, 1.807) is 17.0 Å². The molecular weight excluding hydrogens is 238 g/mol. The monoisotopic (exact) mass is 247 g/mol. The van der Waals surface area contributed by atoms with Crippen LogP contribution in [0.3, 0.4) is 0 Å². The summed E-state index contributed by atoms with van der Waals surface area (Å²) in [5.74, 6) is 1.38. The average Bonchev–Trinajstić information content (AvgIpc) is 2.86. The van der Waals surface area contributed by atoms with E-state index in [1.165, 1.54) is 12.5 Å². The molecule has 3 aliphatic rings. The lowest BCUT2D eigenvalue weighted by atomic mass is 10.1. The van der Waals surface area contributed by atoms with Crippen molar-refractivity contribution in [2.24, 2.45) is 0 Å². The van der Waals surface area contributed by atoms with Crippen LogP contribution in [0.4, 0.5) is 0 Å². The zero-order valence-electron chi connectivity index (χ0n) is 9.29. The van der Waals surface area contributed by atoms with Crippen LogP contribution in [0, 0.1) is 0 Å². The molecule has 0 aliphatic carbocycles. The van der Waals surface area contributed by atoms with Crippen molar-refractivity contribution in [3.63, 3.8) is 0 Å². The third-order valence-corrected chi connectivity index (χ3v) is 3.06. The third-order valence-electron chi connectivity index (χ3n) is 3.06. The Balaban J connectivity index is 1.83. The van der Waals surface area contributed by atoms with Gasteiger partial charge in [0.05, 0.1) is 18.7 Å². The van der Waals surface area contributed by atoms with E-state index in [1.807, 2.05) is 0 Å². The number of ether oxygens (including phenoxy) is 4. The fourth-order valence-electron chi connectivity index (χ4n) is 2.20. The van der Waals surface area contributed by atoms with Crippen molar-refractivity contribution in [1.82, 2.24) is 4.90 Å². The molecule has 0 aromatic heterocycles. The second-order valence-electron chi connectivity index (χ2n) is 4.10. The Morgan fingerprint density at radius 1 is 1.11 bits per heavy atom. The largest absolute Gasteiger partial charge is 0.458 e. The first-order valence-electron chi connectivity index (χ1n) is 5.58. The zero-order chi connectivity index (χ0) is 12.1. The molecule has 0 N–H and O–H groups in total. The van der Waals surface area contributed by atoms with Crippen LogP contribution in [0.2, 0.25) is 0 Å². The summed E-state index contributed by atoms with van der Waals surface area (Å²) in [6.07, 6.45) is 2.23. The first-order chi connectivity index (χ1) is 8.83. The minimum absolute atomic E-state index is 0.111. The predicted octanol–water partition coefficient (Wildman–Crippen LogP) is 1.08. The highest BCUT2D eigenvalue weighted by atomic mass is 16.7. The number of hydrogen-bond donors (Lipinski definition) is 0. The van der Waals surface area contributed by atoms with Gasteiger partial charge in [-0.3, -0.25) is 9.69 Å². The van der Waals surface area contributed by atoms with E-state index in [-0.39, 0.29) is 5.91 Å². The van der Waals surface area contributed by atoms with Crippen LogP contribution in [-0.2, 0) is 4.74 Å². The van der Waals surface area contributed by atoms with Crippen molar-refractivity contribution >= 4 is 5.91 Å². The molecule has 0 saturated carbocycles. The molecule has 3 aliphatic heterocycles. The Morgan fingerprint density at radius 3 is 2.72 bits per heavy atom. The molecule has 3 heterocycles. The molecule has 1 unspecified atom stereocenters. The molecule has 1 aromatic rings. The van der Waals surface area contributed by atoms with Crippen LogP contribution in [0.15, 0.2) is 24.7 Å². The van der Waals surface area contributed by atoms with Gasteiger partial charge in [-0.25, -0.2) is 0 Å². The van der Waals surface area contributed by atoms with E-state index < -0.39 is 6.41 Å². The predicted molar refractivity (Wildman–Crippen MR) is 58.2 cm³/mol. The van der Waals surface area contributed by atoms with Gasteiger partial charge in [-0.15, -0.1) is 0 Å². The van der Waals surface area contributed by atoms with Crippen molar-refractivity contribution < 1.29 is 23.7 Å². The number of carbonyl (C=O) groups is 1. The third kappa shape index (κ3) is 1.23. The normalized spacial score (nSPS) is 23.4. The highest BCUT2D eigenvalue weighted by Crippen LogP contribution is 2.40. The van der Waals surface area contributed by atoms with Gasteiger partial charge in [0.1, 0.15) is 18.3 Å². The zero-order valence-corrected chi connectivity index (χ0v) is 9.29. The summed E-state index contributed by atoms with van der Waals surface area (Å²) in [4.78, 5) is 13.8. The number of fused-ring (bicyclic) bond motifs is 3. The van der Waals surface area contributed by atoms with E-state index in [2.05, 4.69) is 0 Å². The number of rotatable bonds is 0. The Labute approximate surface area is 102 Å². The fraction of sp³-hybridized carbons (Fsp3) is 0.250. The van der Waals surface area contributed by atoms with Gasteiger partial charge in [0.25, 0.3) is 12.3 Å². The standard InChI is InChI=1S/C12H9NO5/c14-11-7-5-9-10(16-4-3-15-9)6-8(7)18-12-13(11)1-2-17-12/h3-6,12H,1-2H2. The van der Waals surface area contributed by atoms with Crippen LogP contribution in [0.5, 0.6) is 17.2 Å². The summed E-state index contributed by atoms with van der Waals surface area (Å²) in [6.45, 7) is 1.02. The molecule has 6 nitrogen and oxygen atoms in total. The number of nitrogens with zero attached hydrogens (tertiary/aromatic N) is 1. The van der Waals surface area contributed by atoms with E-state index in [0.717, 1.165) is 0 Å². The van der Waals surface area contributed by atoms with Gasteiger partial charge >= 0.3 is 0 Å². The summed E-state index contributed by atoms with van der Waals surface area (Å²) in [5, 5.41) is 0. The highest BCUT2D eigenvalue weighted by molar-refractivity contribution is 5.98. The number of carbonyl (C=O) groups excluding carboxylic acids is 1. The number of hydrogen-bond acceptors (Lipinski definition) is 5. The second kappa shape index (κ2) is 3.39. The molecule has 0 radical (unpaired) electrons. The van der Waals surface area contributed by atoms with Crippen molar-refractivity contribution in [3.8, 4) is 17.2 Å². The summed E-state index contributed by atoms with van der Waals surface area (Å²) in [7, 11) is 0. The summed E-state index contributed by atoms with van der Waals surface area (Å²) in [6, 6.07) is 3.27. The minimum Gasteiger partial charge on any atom is -0.458 e. The molecular formula is C12H9NO5. The van der Waals surface area contributed by atoms with Crippen LogP contribution in [-0.4, -0.2) is 30.4 Å². The molecule has 0 spiro atoms. The van der Waals surface area contributed by atoms with E-state index >= 15 is 0 Å². The van der Waals surface area contributed by atoms with Crippen molar-refractivity contribution in [2.75, 3.05) is 13.2 Å². The minimum atomic E-state index is -0.622. The highest BCUT2D eigenvalue weighted by Gasteiger charge is 2.39. The molecule has 1 amide bonds. The van der Waals surface area contributed by atoms with Crippen molar-refractivity contribution in [1.29, 1.82) is 0 Å². The number of benzene rings is 1. The topological polar surface area (TPSA) is 57.2 Å². The van der Waals surface area contributed by atoms with Crippen LogP contribution >= 0.6 is 0 Å². The first-order valence-corrected chi connectivity index (χ1v) is 5.58. The maximum Gasteiger partial charge on any atom is 0.286 e. The second-order valence-corrected chi connectivity index (χ2v) is 4.10. The van der Waals surface area contributed by atoms with Crippen LogP contribution in [0.1, 0.15) is 10.4 Å². The molecule has 1 saturated heterocycles. The Morgan fingerprint density at radius 2 is 1.89 bits per heavy atom. The maximum atomic E-state index is 12.2. The summed E-state index contributed by atoms with van der Waals surface area (Å²) < 4.78 is 21.5. The summed E-state index contributed by atoms with van der Waals surface area (Å²) >= 11 is 0. The average molecular weight is 247 g/mol.